The Balaban J connectivity index is 1.49. The maximum absolute atomic E-state index is 12.4. The number of furan rings is 1. The smallest absolute Gasteiger partial charge is 0.251 e. The van der Waals surface area contributed by atoms with Crippen LogP contribution in [0.25, 0.3) is 0 Å². The number of nitrogens with one attached hydrogen (secondary N) is 4. The summed E-state index contributed by atoms with van der Waals surface area (Å²) in [5, 5.41) is 11.4. The van der Waals surface area contributed by atoms with Gasteiger partial charge < -0.3 is 25.7 Å². The second-order valence-corrected chi connectivity index (χ2v) is 7.43. The summed E-state index contributed by atoms with van der Waals surface area (Å²) in [6, 6.07) is 17.2. The van der Waals surface area contributed by atoms with E-state index in [0.29, 0.717) is 41.4 Å². The van der Waals surface area contributed by atoms with Crippen molar-refractivity contribution in [2.45, 2.75) is 26.3 Å². The predicted molar refractivity (Wildman–Crippen MR) is 127 cm³/mol. The summed E-state index contributed by atoms with van der Waals surface area (Å²) in [6.45, 7) is 2.98. The molecule has 172 valence electrons. The summed E-state index contributed by atoms with van der Waals surface area (Å²) in [5.41, 5.74) is 2.13. The molecule has 0 aliphatic carbocycles. The van der Waals surface area contributed by atoms with Crippen LogP contribution in [0.3, 0.4) is 0 Å². The van der Waals surface area contributed by atoms with Gasteiger partial charge in [-0.25, -0.2) is 0 Å². The maximum Gasteiger partial charge on any atom is 0.251 e. The molecule has 0 saturated carbocycles. The van der Waals surface area contributed by atoms with Crippen molar-refractivity contribution in [3.05, 3.63) is 83.8 Å². The van der Waals surface area contributed by atoms with Gasteiger partial charge in [0.05, 0.1) is 19.4 Å². The number of carbonyl (C=O) groups excluding carboxylic acids is 3. The lowest BCUT2D eigenvalue weighted by Gasteiger charge is -2.10. The number of benzene rings is 2. The summed E-state index contributed by atoms with van der Waals surface area (Å²) in [5.74, 6) is -0.0173. The predicted octanol–water partition coefficient (Wildman–Crippen LogP) is 3.79. The van der Waals surface area contributed by atoms with Crippen molar-refractivity contribution in [1.29, 1.82) is 0 Å². The highest BCUT2D eigenvalue weighted by atomic mass is 16.3. The second kappa shape index (κ2) is 12.1. The quantitative estimate of drug-likeness (QED) is 0.334. The molecule has 1 aromatic heterocycles. The molecule has 3 rings (SSSR count). The molecule has 0 fully saturated rings. The number of unbranched alkanes of at least 4 members (excludes halogenated alkanes) is 1. The minimum Gasteiger partial charge on any atom is -0.467 e. The van der Waals surface area contributed by atoms with Gasteiger partial charge in [0, 0.05) is 29.0 Å². The minimum atomic E-state index is -0.272. The van der Waals surface area contributed by atoms with Crippen LogP contribution in [0.5, 0.6) is 0 Å². The highest BCUT2D eigenvalue weighted by Crippen LogP contribution is 2.13. The van der Waals surface area contributed by atoms with Gasteiger partial charge in [-0.2, -0.15) is 0 Å². The number of hydrogen-bond acceptors (Lipinski definition) is 5. The molecule has 0 atom stereocenters. The molecule has 1 heterocycles. The average molecular weight is 449 g/mol. The monoisotopic (exact) mass is 448 g/mol. The van der Waals surface area contributed by atoms with Crippen molar-refractivity contribution in [2.24, 2.45) is 0 Å². The van der Waals surface area contributed by atoms with E-state index in [1.807, 2.05) is 0 Å². The fraction of sp³-hybridized carbons (Fsp3) is 0.240. The molecule has 33 heavy (non-hydrogen) atoms. The van der Waals surface area contributed by atoms with Crippen molar-refractivity contribution >= 4 is 29.1 Å². The van der Waals surface area contributed by atoms with Gasteiger partial charge in [-0.05, 0) is 55.0 Å². The highest BCUT2D eigenvalue weighted by Gasteiger charge is 2.10. The SMILES string of the molecule is CCCCNC(=O)c1cccc(NC(=O)CNc2cccc(C(=O)NCc3ccco3)c2)c1. The van der Waals surface area contributed by atoms with Crippen LogP contribution in [0.4, 0.5) is 11.4 Å². The maximum atomic E-state index is 12.4. The van der Waals surface area contributed by atoms with Crippen LogP contribution in [0.2, 0.25) is 0 Å². The lowest BCUT2D eigenvalue weighted by atomic mass is 10.1. The molecular formula is C25H28N4O4. The van der Waals surface area contributed by atoms with E-state index >= 15 is 0 Å². The van der Waals surface area contributed by atoms with Crippen LogP contribution in [0, 0.1) is 0 Å². The zero-order chi connectivity index (χ0) is 23.5. The second-order valence-electron chi connectivity index (χ2n) is 7.43. The summed E-state index contributed by atoms with van der Waals surface area (Å²) >= 11 is 0. The van der Waals surface area contributed by atoms with Crippen LogP contribution in [-0.4, -0.2) is 30.8 Å². The number of rotatable bonds is 11. The van der Waals surface area contributed by atoms with Gasteiger partial charge in [-0.3, -0.25) is 14.4 Å². The Hall–Kier alpha value is -4.07. The summed E-state index contributed by atoms with van der Waals surface area (Å²) in [7, 11) is 0. The van der Waals surface area contributed by atoms with Crippen LogP contribution in [0.15, 0.2) is 71.3 Å². The molecule has 0 saturated heterocycles. The summed E-state index contributed by atoms with van der Waals surface area (Å²) in [4.78, 5) is 36.9. The Labute approximate surface area is 192 Å². The Morgan fingerprint density at radius 1 is 0.848 bits per heavy atom. The molecule has 2 aromatic carbocycles. The lowest BCUT2D eigenvalue weighted by Crippen LogP contribution is -2.25. The van der Waals surface area contributed by atoms with Gasteiger partial charge in [0.2, 0.25) is 5.91 Å². The van der Waals surface area contributed by atoms with E-state index in [2.05, 4.69) is 28.2 Å². The minimum absolute atomic E-state index is 0.00436. The topological polar surface area (TPSA) is 112 Å². The Kier molecular flexibility index (Phi) is 8.64. The molecule has 3 aromatic rings. The lowest BCUT2D eigenvalue weighted by molar-refractivity contribution is -0.114. The van der Waals surface area contributed by atoms with Crippen molar-refractivity contribution in [2.75, 3.05) is 23.7 Å². The Morgan fingerprint density at radius 2 is 1.55 bits per heavy atom. The van der Waals surface area contributed by atoms with Crippen LogP contribution < -0.4 is 21.3 Å². The van der Waals surface area contributed by atoms with E-state index in [0.717, 1.165) is 12.8 Å². The van der Waals surface area contributed by atoms with Crippen molar-refractivity contribution in [1.82, 2.24) is 10.6 Å². The molecule has 4 N–H and O–H groups in total. The number of hydrogen-bond donors (Lipinski definition) is 4. The average Bonchev–Trinajstić information content (AvgIpc) is 3.35. The fourth-order valence-corrected chi connectivity index (χ4v) is 3.06. The van der Waals surface area contributed by atoms with Crippen molar-refractivity contribution < 1.29 is 18.8 Å². The zero-order valence-electron chi connectivity index (χ0n) is 18.5. The molecule has 0 bridgehead atoms. The number of amides is 3. The fourth-order valence-electron chi connectivity index (χ4n) is 3.06. The molecule has 0 spiro atoms. The molecule has 0 aliphatic rings. The Morgan fingerprint density at radius 3 is 2.24 bits per heavy atom. The normalized spacial score (nSPS) is 10.3. The standard InChI is InChI=1S/C25H28N4O4/c1-2-3-12-26-24(31)19-8-5-10-21(15-19)29-23(30)17-27-20-9-4-7-18(14-20)25(32)28-16-22-11-6-13-33-22/h4-11,13-15,27H,2-3,12,16-17H2,1H3,(H,26,31)(H,28,32)(H,29,30). The van der Waals surface area contributed by atoms with E-state index in [9.17, 15) is 14.4 Å². The molecule has 8 nitrogen and oxygen atoms in total. The van der Waals surface area contributed by atoms with Gasteiger partial charge >= 0.3 is 0 Å². The Bertz CT molecular complexity index is 1080. The van der Waals surface area contributed by atoms with Gasteiger partial charge in [-0.15, -0.1) is 0 Å². The van der Waals surface area contributed by atoms with Crippen molar-refractivity contribution in [3.8, 4) is 0 Å². The van der Waals surface area contributed by atoms with Crippen LogP contribution in [-0.2, 0) is 11.3 Å². The third-order valence-corrected chi connectivity index (χ3v) is 4.81. The van der Waals surface area contributed by atoms with Gasteiger partial charge in [0.25, 0.3) is 11.8 Å². The molecule has 0 unspecified atom stereocenters. The highest BCUT2D eigenvalue weighted by molar-refractivity contribution is 5.98. The molecule has 3 amide bonds. The first kappa shape index (κ1) is 23.6. The van der Waals surface area contributed by atoms with Gasteiger partial charge in [0.15, 0.2) is 0 Å². The number of anilines is 2. The van der Waals surface area contributed by atoms with Crippen molar-refractivity contribution in [3.63, 3.8) is 0 Å². The van der Waals surface area contributed by atoms with E-state index in [1.54, 1.807) is 66.9 Å². The largest absolute Gasteiger partial charge is 0.467 e. The first-order valence-electron chi connectivity index (χ1n) is 10.9. The van der Waals surface area contributed by atoms with E-state index in [-0.39, 0.29) is 24.3 Å². The first-order valence-corrected chi connectivity index (χ1v) is 10.9. The molecule has 0 radical (unpaired) electrons. The summed E-state index contributed by atoms with van der Waals surface area (Å²) in [6.07, 6.45) is 3.47. The van der Waals surface area contributed by atoms with E-state index in [4.69, 9.17) is 4.42 Å². The van der Waals surface area contributed by atoms with E-state index in [1.165, 1.54) is 0 Å². The van der Waals surface area contributed by atoms with Gasteiger partial charge in [-0.1, -0.05) is 25.5 Å². The van der Waals surface area contributed by atoms with Gasteiger partial charge in [0.1, 0.15) is 5.76 Å². The molecule has 0 aliphatic heterocycles. The number of carbonyl (C=O) groups is 3. The first-order chi connectivity index (χ1) is 16.0. The van der Waals surface area contributed by atoms with Crippen LogP contribution in [0.1, 0.15) is 46.2 Å². The zero-order valence-corrected chi connectivity index (χ0v) is 18.5. The molecular weight excluding hydrogens is 420 g/mol. The third kappa shape index (κ3) is 7.53. The molecule has 8 heteroatoms. The summed E-state index contributed by atoms with van der Waals surface area (Å²) < 4.78 is 5.21. The third-order valence-electron chi connectivity index (χ3n) is 4.81. The van der Waals surface area contributed by atoms with E-state index < -0.39 is 0 Å². The van der Waals surface area contributed by atoms with Crippen LogP contribution >= 0.6 is 0 Å².